The van der Waals surface area contributed by atoms with Crippen LogP contribution in [-0.4, -0.2) is 28.5 Å². The van der Waals surface area contributed by atoms with Gasteiger partial charge in [0.2, 0.25) is 5.91 Å². The minimum absolute atomic E-state index is 0.174. The summed E-state index contributed by atoms with van der Waals surface area (Å²) < 4.78 is 12.0. The first-order valence-electron chi connectivity index (χ1n) is 10.9. The third-order valence-electron chi connectivity index (χ3n) is 5.52. The molecule has 2 heterocycles. The number of imide groups is 1. The lowest BCUT2D eigenvalue weighted by Gasteiger charge is -2.20. The molecule has 1 fully saturated rings. The number of nitrogens with zero attached hydrogens (tertiary/aromatic N) is 1. The molecule has 2 aromatic carbocycles. The van der Waals surface area contributed by atoms with Crippen molar-refractivity contribution in [2.24, 2.45) is 0 Å². The van der Waals surface area contributed by atoms with Gasteiger partial charge in [-0.15, -0.1) is 11.3 Å². The van der Waals surface area contributed by atoms with Crippen molar-refractivity contribution < 1.29 is 19.1 Å². The number of hydrogen-bond donors (Lipinski definition) is 1. The molecule has 3 aromatic rings. The third kappa shape index (κ3) is 6.36. The molecule has 2 unspecified atom stereocenters. The maximum atomic E-state index is 11.7. The Morgan fingerprint density at radius 1 is 1.06 bits per heavy atom. The van der Waals surface area contributed by atoms with Crippen LogP contribution in [0.2, 0.25) is 0 Å². The van der Waals surface area contributed by atoms with E-state index in [1.165, 1.54) is 5.56 Å². The topological polar surface area (TPSA) is 77.5 Å². The number of nitrogens with one attached hydrogen (secondary N) is 1. The second-order valence-corrected chi connectivity index (χ2v) is 9.70. The van der Waals surface area contributed by atoms with E-state index in [1.54, 1.807) is 18.4 Å². The lowest BCUT2D eigenvalue weighted by Crippen LogP contribution is -2.24. The predicted molar refractivity (Wildman–Crippen MR) is 131 cm³/mol. The number of carbonyl (C=O) groups excluding carboxylic acids is 2. The van der Waals surface area contributed by atoms with E-state index in [0.29, 0.717) is 17.9 Å². The Labute approximate surface area is 201 Å². The van der Waals surface area contributed by atoms with Crippen LogP contribution in [0.3, 0.4) is 0 Å². The maximum Gasteiger partial charge on any atom is 0.286 e. The zero-order valence-electron chi connectivity index (χ0n) is 18.4. The number of aryl methyl sites for hydroxylation is 2. The van der Waals surface area contributed by atoms with Crippen LogP contribution in [0.15, 0.2) is 59.4 Å². The van der Waals surface area contributed by atoms with E-state index < -0.39 is 0 Å². The number of ether oxygens (including phenoxy) is 2. The minimum atomic E-state index is -0.287. The molecule has 0 saturated carbocycles. The van der Waals surface area contributed by atoms with E-state index >= 15 is 0 Å². The second kappa shape index (κ2) is 11.3. The average Bonchev–Trinajstić information content (AvgIpc) is 3.47. The highest BCUT2D eigenvalue weighted by Crippen LogP contribution is 2.34. The number of thioether (sulfide) groups is 1. The summed E-state index contributed by atoms with van der Waals surface area (Å²) in [6.45, 7) is 0. The zero-order chi connectivity index (χ0) is 23.0. The van der Waals surface area contributed by atoms with Gasteiger partial charge in [-0.1, -0.05) is 48.2 Å². The summed E-state index contributed by atoms with van der Waals surface area (Å²) in [4.78, 5) is 27.5. The fourth-order valence-electron chi connectivity index (χ4n) is 3.78. The van der Waals surface area contributed by atoms with Crippen LogP contribution in [0.25, 0.3) is 0 Å². The van der Waals surface area contributed by atoms with Crippen LogP contribution >= 0.6 is 23.1 Å². The fourth-order valence-corrected chi connectivity index (χ4v) is 5.25. The summed E-state index contributed by atoms with van der Waals surface area (Å²) in [6, 6.07) is 16.3. The van der Waals surface area contributed by atoms with Crippen LogP contribution in [0.1, 0.15) is 42.2 Å². The molecule has 172 valence electrons. The summed E-state index contributed by atoms with van der Waals surface area (Å²) in [7, 11) is 1.64. The maximum absolute atomic E-state index is 11.7. The zero-order valence-corrected chi connectivity index (χ0v) is 20.0. The van der Waals surface area contributed by atoms with Gasteiger partial charge in [-0.3, -0.25) is 14.9 Å². The molecular weight excluding hydrogens is 456 g/mol. The Hall–Kier alpha value is -2.84. The SMILES string of the molecule is COc1cc(CCCC2SC(=O)NC2=O)ccc1OC(CCc1ccccc1)c1cscn1. The van der Waals surface area contributed by atoms with Gasteiger partial charge >= 0.3 is 0 Å². The molecule has 8 heteroatoms. The smallest absolute Gasteiger partial charge is 0.286 e. The Kier molecular flexibility index (Phi) is 8.01. The van der Waals surface area contributed by atoms with Gasteiger partial charge in [-0.25, -0.2) is 4.98 Å². The number of rotatable bonds is 11. The molecule has 6 nitrogen and oxygen atoms in total. The quantitative estimate of drug-likeness (QED) is 0.384. The van der Waals surface area contributed by atoms with Crippen molar-refractivity contribution >= 4 is 34.2 Å². The molecule has 1 aromatic heterocycles. The molecular formula is C25H26N2O4S2. The van der Waals surface area contributed by atoms with Crippen molar-refractivity contribution in [2.75, 3.05) is 7.11 Å². The Bertz CT molecular complexity index is 1070. The highest BCUT2D eigenvalue weighted by atomic mass is 32.2. The van der Waals surface area contributed by atoms with Crippen molar-refractivity contribution in [1.82, 2.24) is 10.3 Å². The van der Waals surface area contributed by atoms with Gasteiger partial charge in [0.25, 0.3) is 5.24 Å². The lowest BCUT2D eigenvalue weighted by atomic mass is 10.0. The van der Waals surface area contributed by atoms with Crippen LogP contribution in [-0.2, 0) is 17.6 Å². The molecule has 1 aliphatic heterocycles. The number of amides is 2. The molecule has 0 radical (unpaired) electrons. The minimum Gasteiger partial charge on any atom is -0.493 e. The lowest BCUT2D eigenvalue weighted by molar-refractivity contribution is -0.119. The number of methoxy groups -OCH3 is 1. The van der Waals surface area contributed by atoms with Gasteiger partial charge in [0.15, 0.2) is 11.5 Å². The van der Waals surface area contributed by atoms with Crippen molar-refractivity contribution in [2.45, 2.75) is 43.5 Å². The summed E-state index contributed by atoms with van der Waals surface area (Å²) in [6.07, 6.45) is 3.77. The van der Waals surface area contributed by atoms with Crippen LogP contribution in [0.5, 0.6) is 11.5 Å². The average molecular weight is 483 g/mol. The van der Waals surface area contributed by atoms with Crippen LogP contribution < -0.4 is 14.8 Å². The largest absolute Gasteiger partial charge is 0.493 e. The van der Waals surface area contributed by atoms with Crippen molar-refractivity contribution in [3.63, 3.8) is 0 Å². The molecule has 0 spiro atoms. The molecule has 0 aliphatic carbocycles. The van der Waals surface area contributed by atoms with Crippen molar-refractivity contribution in [1.29, 1.82) is 0 Å². The van der Waals surface area contributed by atoms with Crippen LogP contribution in [0.4, 0.5) is 4.79 Å². The molecule has 1 N–H and O–H groups in total. The van der Waals surface area contributed by atoms with E-state index in [0.717, 1.165) is 48.7 Å². The summed E-state index contributed by atoms with van der Waals surface area (Å²) in [5.41, 5.74) is 5.11. The Morgan fingerprint density at radius 3 is 2.61 bits per heavy atom. The van der Waals surface area contributed by atoms with Gasteiger partial charge in [-0.05, 0) is 55.4 Å². The van der Waals surface area contributed by atoms with Crippen LogP contribution in [0, 0.1) is 0 Å². The van der Waals surface area contributed by atoms with Gasteiger partial charge in [0, 0.05) is 5.38 Å². The molecule has 2 atom stereocenters. The predicted octanol–water partition coefficient (Wildman–Crippen LogP) is 5.58. The van der Waals surface area contributed by atoms with Gasteiger partial charge < -0.3 is 9.47 Å². The first-order valence-corrected chi connectivity index (χ1v) is 12.7. The molecule has 4 rings (SSSR count). The molecule has 1 saturated heterocycles. The Morgan fingerprint density at radius 2 is 1.91 bits per heavy atom. The number of aromatic nitrogens is 1. The molecule has 1 aliphatic rings. The van der Waals surface area contributed by atoms with Gasteiger partial charge in [-0.2, -0.15) is 0 Å². The molecule has 0 bridgehead atoms. The standard InChI is InChI=1S/C25H26N2O4S2/c1-30-22-14-18(8-5-9-23-24(28)27-25(29)33-23)11-13-21(22)31-20(19-15-32-16-26-19)12-10-17-6-3-2-4-7-17/h2-4,6-7,11,13-16,20,23H,5,8-10,12H2,1H3,(H,27,28,29). The van der Waals surface area contributed by atoms with Gasteiger partial charge in [0.05, 0.1) is 23.6 Å². The van der Waals surface area contributed by atoms with Gasteiger partial charge in [0.1, 0.15) is 6.10 Å². The highest BCUT2D eigenvalue weighted by Gasteiger charge is 2.30. The monoisotopic (exact) mass is 482 g/mol. The summed E-state index contributed by atoms with van der Waals surface area (Å²) in [5, 5.41) is 3.82. The summed E-state index contributed by atoms with van der Waals surface area (Å²) >= 11 is 2.64. The van der Waals surface area contributed by atoms with Crippen molar-refractivity contribution in [3.05, 3.63) is 76.2 Å². The number of benzene rings is 2. The first-order chi connectivity index (χ1) is 16.1. The van der Waals surface area contributed by atoms with Crippen molar-refractivity contribution in [3.8, 4) is 11.5 Å². The third-order valence-corrected chi connectivity index (χ3v) is 7.17. The second-order valence-electron chi connectivity index (χ2n) is 7.80. The highest BCUT2D eigenvalue weighted by molar-refractivity contribution is 8.15. The summed E-state index contributed by atoms with van der Waals surface area (Å²) in [5.74, 6) is 1.18. The number of carbonyl (C=O) groups is 2. The normalized spacial score (nSPS) is 16.5. The van der Waals surface area contributed by atoms with E-state index in [4.69, 9.17) is 9.47 Å². The van der Waals surface area contributed by atoms with E-state index in [-0.39, 0.29) is 22.5 Å². The van der Waals surface area contributed by atoms with E-state index in [1.807, 2.05) is 47.3 Å². The molecule has 33 heavy (non-hydrogen) atoms. The number of thiazole rings is 1. The fraction of sp³-hybridized carbons (Fsp3) is 0.320. The van der Waals surface area contributed by atoms with E-state index in [9.17, 15) is 9.59 Å². The van der Waals surface area contributed by atoms with E-state index in [2.05, 4.69) is 22.4 Å². The number of hydrogen-bond acceptors (Lipinski definition) is 7. The Balaban J connectivity index is 1.39. The molecule has 2 amide bonds. The first kappa shape index (κ1) is 23.3.